The molecule has 7 aromatic rings. The number of benzene rings is 6. The maximum Gasteiger partial charge on any atom is 0.416 e. The Labute approximate surface area is 330 Å². The van der Waals surface area contributed by atoms with Gasteiger partial charge in [0.2, 0.25) is 0 Å². The number of aromatic nitrogens is 2. The van der Waals surface area contributed by atoms with Crippen LogP contribution in [0.15, 0.2) is 127 Å². The minimum absolute atomic E-state index is 0.0162. The molecule has 0 aliphatic rings. The van der Waals surface area contributed by atoms with E-state index in [1.165, 1.54) is 0 Å². The molecule has 0 aliphatic heterocycles. The van der Waals surface area contributed by atoms with Gasteiger partial charge >= 0.3 is 12.4 Å². The Kier molecular flexibility index (Phi) is 11.9. The molecule has 0 atom stereocenters. The lowest BCUT2D eigenvalue weighted by molar-refractivity contribution is -0.143. The SMILES string of the molecule is NCCOCCOCCNC(=O)c1ccc(Cn2c(-c3cc(C(F)(F)F)cc(C(F)(F)F)c3)nc(-c3ccc4ccccc4c3)c2-c2ccc3ccccc3c2)cc1. The van der Waals surface area contributed by atoms with Crippen LogP contribution in [0.4, 0.5) is 26.3 Å². The fourth-order valence-corrected chi connectivity index (χ4v) is 6.77. The number of nitrogens with zero attached hydrogens (tertiary/aromatic N) is 2. The van der Waals surface area contributed by atoms with Gasteiger partial charge in [0.25, 0.3) is 5.91 Å². The molecule has 298 valence electrons. The first kappa shape index (κ1) is 40.2. The van der Waals surface area contributed by atoms with Gasteiger partial charge in [-0.15, -0.1) is 0 Å². The summed E-state index contributed by atoms with van der Waals surface area (Å²) >= 11 is 0. The van der Waals surface area contributed by atoms with E-state index in [1.54, 1.807) is 28.8 Å². The molecule has 58 heavy (non-hydrogen) atoms. The Morgan fingerprint density at radius 2 is 1.17 bits per heavy atom. The Morgan fingerprint density at radius 1 is 0.621 bits per heavy atom. The van der Waals surface area contributed by atoms with E-state index in [4.69, 9.17) is 20.2 Å². The van der Waals surface area contributed by atoms with E-state index in [1.807, 2.05) is 84.9 Å². The molecule has 0 saturated heterocycles. The van der Waals surface area contributed by atoms with Crippen LogP contribution in [0.3, 0.4) is 0 Å². The summed E-state index contributed by atoms with van der Waals surface area (Å²) in [5, 5.41) is 6.42. The fraction of sp³-hybridized carbons (Fsp3) is 0.200. The van der Waals surface area contributed by atoms with Crippen LogP contribution in [0, 0.1) is 0 Å². The molecule has 3 N–H and O–H groups in total. The topological polar surface area (TPSA) is 91.4 Å². The third-order valence-electron chi connectivity index (χ3n) is 9.58. The van der Waals surface area contributed by atoms with Crippen molar-refractivity contribution < 1.29 is 40.6 Å². The van der Waals surface area contributed by atoms with Crippen LogP contribution in [0.1, 0.15) is 27.0 Å². The van der Waals surface area contributed by atoms with Crippen LogP contribution in [0.25, 0.3) is 55.4 Å². The second-order valence-corrected chi connectivity index (χ2v) is 13.6. The number of hydrogen-bond acceptors (Lipinski definition) is 5. The summed E-state index contributed by atoms with van der Waals surface area (Å²) in [4.78, 5) is 17.9. The number of alkyl halides is 6. The van der Waals surface area contributed by atoms with Crippen molar-refractivity contribution in [3.05, 3.63) is 150 Å². The maximum atomic E-state index is 14.2. The highest BCUT2D eigenvalue weighted by Crippen LogP contribution is 2.42. The molecule has 0 spiro atoms. The standard InChI is InChI=1S/C45H38F6N4O3/c46-44(47,48)38-25-37(26-39(27-38)45(49,50)51)42-54-40(35-15-13-30-5-1-3-7-33(30)23-35)41(36-16-14-31-6-2-4-8-34(31)24-36)55(42)28-29-9-11-32(12-10-29)43(56)53-18-20-58-22-21-57-19-17-52/h1-16,23-27H,17-22,28,52H2,(H,53,56). The zero-order valence-corrected chi connectivity index (χ0v) is 31.0. The van der Waals surface area contributed by atoms with Crippen molar-refractivity contribution in [2.24, 2.45) is 5.73 Å². The smallest absolute Gasteiger partial charge is 0.378 e. The molecule has 1 amide bonds. The second kappa shape index (κ2) is 17.2. The Hall–Kier alpha value is -6.02. The number of ether oxygens (including phenoxy) is 2. The monoisotopic (exact) mass is 796 g/mol. The normalized spacial score (nSPS) is 12.1. The van der Waals surface area contributed by atoms with Crippen molar-refractivity contribution in [1.82, 2.24) is 14.9 Å². The molecule has 1 heterocycles. The largest absolute Gasteiger partial charge is 0.416 e. The Morgan fingerprint density at radius 3 is 1.76 bits per heavy atom. The second-order valence-electron chi connectivity index (χ2n) is 13.6. The summed E-state index contributed by atoms with van der Waals surface area (Å²) in [6.45, 7) is 2.07. The number of nitrogens with one attached hydrogen (secondary N) is 1. The summed E-state index contributed by atoms with van der Waals surface area (Å²) in [6.07, 6.45) is -10.1. The third-order valence-corrected chi connectivity index (χ3v) is 9.58. The average Bonchev–Trinajstić information content (AvgIpc) is 3.59. The number of carbonyl (C=O) groups is 1. The van der Waals surface area contributed by atoms with Gasteiger partial charge in [-0.1, -0.05) is 84.9 Å². The zero-order chi connectivity index (χ0) is 40.9. The molecule has 6 aromatic carbocycles. The van der Waals surface area contributed by atoms with Crippen LogP contribution in [-0.4, -0.2) is 55.0 Å². The molecular weight excluding hydrogens is 759 g/mol. The zero-order valence-electron chi connectivity index (χ0n) is 31.0. The predicted octanol–water partition coefficient (Wildman–Crippen LogP) is 10.00. The molecule has 0 fully saturated rings. The van der Waals surface area contributed by atoms with Gasteiger partial charge in [0.05, 0.1) is 48.9 Å². The van der Waals surface area contributed by atoms with Crippen LogP contribution in [0.2, 0.25) is 0 Å². The number of nitrogens with two attached hydrogens (primary N) is 1. The van der Waals surface area contributed by atoms with E-state index < -0.39 is 23.5 Å². The predicted molar refractivity (Wildman–Crippen MR) is 212 cm³/mol. The number of fused-ring (bicyclic) bond motifs is 2. The number of imidazole rings is 1. The molecule has 0 radical (unpaired) electrons. The van der Waals surface area contributed by atoms with Crippen LogP contribution in [0.5, 0.6) is 0 Å². The van der Waals surface area contributed by atoms with E-state index in [-0.39, 0.29) is 43.1 Å². The lowest BCUT2D eigenvalue weighted by atomic mass is 9.99. The lowest BCUT2D eigenvalue weighted by Gasteiger charge is -2.17. The lowest BCUT2D eigenvalue weighted by Crippen LogP contribution is -2.27. The number of halogens is 6. The Bertz CT molecular complexity index is 2520. The van der Waals surface area contributed by atoms with E-state index in [0.717, 1.165) is 21.5 Å². The van der Waals surface area contributed by atoms with Crippen molar-refractivity contribution in [1.29, 1.82) is 0 Å². The van der Waals surface area contributed by atoms with Crippen molar-refractivity contribution >= 4 is 27.5 Å². The number of hydrogen-bond donors (Lipinski definition) is 2. The molecule has 0 saturated carbocycles. The van der Waals surface area contributed by atoms with Crippen LogP contribution >= 0.6 is 0 Å². The van der Waals surface area contributed by atoms with Gasteiger partial charge < -0.3 is 25.1 Å². The van der Waals surface area contributed by atoms with Gasteiger partial charge in [0.1, 0.15) is 5.82 Å². The number of carbonyl (C=O) groups excluding carboxylic acids is 1. The molecular formula is C45H38F6N4O3. The van der Waals surface area contributed by atoms with Crippen LogP contribution < -0.4 is 11.1 Å². The van der Waals surface area contributed by atoms with E-state index in [9.17, 15) is 31.1 Å². The summed E-state index contributed by atoms with van der Waals surface area (Å²) in [6, 6.07) is 34.7. The summed E-state index contributed by atoms with van der Waals surface area (Å²) in [7, 11) is 0. The maximum absolute atomic E-state index is 14.2. The summed E-state index contributed by atoms with van der Waals surface area (Å²) in [5.41, 5.74) is 5.20. The molecule has 7 nitrogen and oxygen atoms in total. The van der Waals surface area contributed by atoms with Gasteiger partial charge in [-0.25, -0.2) is 4.98 Å². The van der Waals surface area contributed by atoms with Crippen LogP contribution in [-0.2, 0) is 28.4 Å². The molecule has 0 bridgehead atoms. The highest BCUT2D eigenvalue weighted by Gasteiger charge is 2.38. The van der Waals surface area contributed by atoms with E-state index in [2.05, 4.69) is 5.32 Å². The first-order valence-corrected chi connectivity index (χ1v) is 18.5. The Balaban J connectivity index is 1.34. The number of rotatable bonds is 14. The third kappa shape index (κ3) is 9.23. The summed E-state index contributed by atoms with van der Waals surface area (Å²) < 4.78 is 97.8. The first-order valence-electron chi connectivity index (χ1n) is 18.5. The van der Waals surface area contributed by atoms with Crippen molar-refractivity contribution in [2.45, 2.75) is 18.9 Å². The summed E-state index contributed by atoms with van der Waals surface area (Å²) in [5.74, 6) is -0.449. The van der Waals surface area contributed by atoms with Gasteiger partial charge in [-0.05, 0) is 69.6 Å². The minimum atomic E-state index is -5.07. The van der Waals surface area contributed by atoms with Gasteiger partial charge in [0.15, 0.2) is 0 Å². The highest BCUT2D eigenvalue weighted by molar-refractivity contribution is 5.95. The molecule has 7 rings (SSSR count). The molecule has 13 heteroatoms. The van der Waals surface area contributed by atoms with E-state index >= 15 is 0 Å². The first-order chi connectivity index (χ1) is 27.9. The quantitative estimate of drug-likeness (QED) is 0.0845. The van der Waals surface area contributed by atoms with Gasteiger partial charge in [0, 0.05) is 41.9 Å². The number of amides is 1. The average molecular weight is 797 g/mol. The van der Waals surface area contributed by atoms with Crippen molar-refractivity contribution in [3.8, 4) is 33.9 Å². The van der Waals surface area contributed by atoms with E-state index in [0.29, 0.717) is 72.1 Å². The highest BCUT2D eigenvalue weighted by atomic mass is 19.4. The fourth-order valence-electron chi connectivity index (χ4n) is 6.77. The molecule has 0 aliphatic carbocycles. The minimum Gasteiger partial charge on any atom is -0.378 e. The van der Waals surface area contributed by atoms with Gasteiger partial charge in [-0.3, -0.25) is 4.79 Å². The molecule has 0 unspecified atom stereocenters. The van der Waals surface area contributed by atoms with Gasteiger partial charge in [-0.2, -0.15) is 26.3 Å². The van der Waals surface area contributed by atoms with Crippen molar-refractivity contribution in [3.63, 3.8) is 0 Å². The molecule has 1 aromatic heterocycles. The van der Waals surface area contributed by atoms with Crippen molar-refractivity contribution in [2.75, 3.05) is 39.5 Å².